The van der Waals surface area contributed by atoms with E-state index in [0.29, 0.717) is 5.71 Å². The topological polar surface area (TPSA) is 79.0 Å². The highest BCUT2D eigenvalue weighted by Crippen LogP contribution is 2.25. The predicted octanol–water partition coefficient (Wildman–Crippen LogP) is 1.51. The number of primary amides is 1. The Morgan fingerprint density at radius 3 is 2.30 bits per heavy atom. The highest BCUT2D eigenvalue weighted by Gasteiger charge is 2.36. The van der Waals surface area contributed by atoms with Crippen LogP contribution in [-0.4, -0.2) is 41.6 Å². The summed E-state index contributed by atoms with van der Waals surface area (Å²) >= 11 is 0. The molecule has 6 heteroatoms. The Labute approximate surface area is 135 Å². The Morgan fingerprint density at radius 2 is 1.70 bits per heavy atom. The summed E-state index contributed by atoms with van der Waals surface area (Å²) in [5.41, 5.74) is 6.72. The lowest BCUT2D eigenvalue weighted by atomic mass is 10.1. The molecule has 1 unspecified atom stereocenters. The molecule has 2 amide bonds. The molecular formula is C17H22N4O2. The van der Waals surface area contributed by atoms with Crippen molar-refractivity contribution in [2.24, 2.45) is 10.8 Å². The number of nitrogens with zero attached hydrogens (tertiary/aromatic N) is 3. The Kier molecular flexibility index (Phi) is 4.60. The van der Waals surface area contributed by atoms with Crippen LogP contribution in [0.1, 0.15) is 32.1 Å². The van der Waals surface area contributed by atoms with Crippen molar-refractivity contribution in [3.8, 4) is 0 Å². The van der Waals surface area contributed by atoms with Crippen LogP contribution in [-0.2, 0) is 9.59 Å². The molecule has 122 valence electrons. The van der Waals surface area contributed by atoms with E-state index in [1.165, 1.54) is 0 Å². The maximum atomic E-state index is 12.7. The molecular weight excluding hydrogens is 292 g/mol. The van der Waals surface area contributed by atoms with E-state index in [2.05, 4.69) is 5.10 Å². The van der Waals surface area contributed by atoms with E-state index in [9.17, 15) is 9.59 Å². The van der Waals surface area contributed by atoms with Gasteiger partial charge in [0.15, 0.2) is 0 Å². The molecule has 23 heavy (non-hydrogen) atoms. The number of carbonyl (C=O) groups is 2. The van der Waals surface area contributed by atoms with Gasteiger partial charge in [0.25, 0.3) is 5.91 Å². The number of likely N-dealkylation sites (tertiary alicyclic amines) is 1. The van der Waals surface area contributed by atoms with Crippen LogP contribution in [0.2, 0.25) is 0 Å². The second kappa shape index (κ2) is 6.81. The van der Waals surface area contributed by atoms with Gasteiger partial charge in [-0.15, -0.1) is 0 Å². The lowest BCUT2D eigenvalue weighted by Crippen LogP contribution is -2.40. The van der Waals surface area contributed by atoms with Crippen LogP contribution in [0.3, 0.4) is 0 Å². The number of nitrogens with two attached hydrogens (primary N) is 1. The van der Waals surface area contributed by atoms with Gasteiger partial charge in [0.05, 0.1) is 5.69 Å². The van der Waals surface area contributed by atoms with Crippen molar-refractivity contribution in [2.45, 2.75) is 38.1 Å². The standard InChI is InChI=1S/C17H22N4O2/c18-16(22)15-12-14(17(23)20-10-6-1-2-7-11-20)19-21(15)13-8-4-3-5-9-13/h3-5,8-9,15H,1-2,6-7,10-12H2,(H2,18,22). The molecule has 2 N–H and O–H groups in total. The third-order valence-electron chi connectivity index (χ3n) is 4.40. The molecule has 0 aromatic heterocycles. The maximum absolute atomic E-state index is 12.7. The number of amides is 2. The number of anilines is 1. The summed E-state index contributed by atoms with van der Waals surface area (Å²) in [4.78, 5) is 26.3. The lowest BCUT2D eigenvalue weighted by Gasteiger charge is -2.20. The van der Waals surface area contributed by atoms with Gasteiger partial charge < -0.3 is 10.6 Å². The molecule has 2 aliphatic heterocycles. The summed E-state index contributed by atoms with van der Waals surface area (Å²) in [6.45, 7) is 1.54. The average Bonchev–Trinajstić information content (AvgIpc) is 2.84. The van der Waals surface area contributed by atoms with Crippen molar-refractivity contribution in [3.05, 3.63) is 30.3 Å². The van der Waals surface area contributed by atoms with E-state index in [1.54, 1.807) is 5.01 Å². The second-order valence-electron chi connectivity index (χ2n) is 6.06. The molecule has 1 saturated heterocycles. The first-order valence-corrected chi connectivity index (χ1v) is 8.17. The summed E-state index contributed by atoms with van der Waals surface area (Å²) in [6, 6.07) is 8.77. The van der Waals surface area contributed by atoms with Crippen molar-refractivity contribution >= 4 is 23.2 Å². The number of para-hydroxylation sites is 1. The van der Waals surface area contributed by atoms with Gasteiger partial charge in [-0.05, 0) is 25.0 Å². The van der Waals surface area contributed by atoms with Crippen LogP contribution in [0.4, 0.5) is 5.69 Å². The van der Waals surface area contributed by atoms with Crippen molar-refractivity contribution in [3.63, 3.8) is 0 Å². The summed E-state index contributed by atoms with van der Waals surface area (Å²) in [5, 5.41) is 6.00. The third-order valence-corrected chi connectivity index (χ3v) is 4.40. The quantitative estimate of drug-likeness (QED) is 0.918. The number of hydrazone groups is 1. The molecule has 2 heterocycles. The van der Waals surface area contributed by atoms with Gasteiger partial charge in [-0.2, -0.15) is 5.10 Å². The van der Waals surface area contributed by atoms with Gasteiger partial charge in [-0.3, -0.25) is 14.6 Å². The van der Waals surface area contributed by atoms with Crippen molar-refractivity contribution < 1.29 is 9.59 Å². The summed E-state index contributed by atoms with van der Waals surface area (Å²) < 4.78 is 0. The highest BCUT2D eigenvalue weighted by atomic mass is 16.2. The molecule has 1 fully saturated rings. The van der Waals surface area contributed by atoms with E-state index in [4.69, 9.17) is 5.73 Å². The first-order chi connectivity index (χ1) is 11.2. The van der Waals surface area contributed by atoms with Crippen LogP contribution >= 0.6 is 0 Å². The number of rotatable bonds is 3. The zero-order chi connectivity index (χ0) is 16.2. The Morgan fingerprint density at radius 1 is 1.04 bits per heavy atom. The predicted molar refractivity (Wildman–Crippen MR) is 89.0 cm³/mol. The molecule has 0 bridgehead atoms. The molecule has 2 aliphatic rings. The minimum atomic E-state index is -0.594. The molecule has 0 aliphatic carbocycles. The molecule has 1 aromatic rings. The van der Waals surface area contributed by atoms with Crippen LogP contribution in [0.25, 0.3) is 0 Å². The van der Waals surface area contributed by atoms with E-state index in [-0.39, 0.29) is 12.3 Å². The summed E-state index contributed by atoms with van der Waals surface area (Å²) in [5.74, 6) is -0.521. The fourth-order valence-electron chi connectivity index (χ4n) is 3.14. The van der Waals surface area contributed by atoms with E-state index >= 15 is 0 Å². The minimum Gasteiger partial charge on any atom is -0.368 e. The first-order valence-electron chi connectivity index (χ1n) is 8.17. The molecule has 1 aromatic carbocycles. The molecule has 3 rings (SSSR count). The van der Waals surface area contributed by atoms with Crippen LogP contribution in [0.15, 0.2) is 35.4 Å². The summed E-state index contributed by atoms with van der Waals surface area (Å²) in [7, 11) is 0. The van der Waals surface area contributed by atoms with Gasteiger partial charge in [-0.25, -0.2) is 0 Å². The zero-order valence-corrected chi connectivity index (χ0v) is 13.1. The Balaban J connectivity index is 1.82. The molecule has 0 spiro atoms. The number of benzene rings is 1. The first kappa shape index (κ1) is 15.5. The minimum absolute atomic E-state index is 0.0587. The average molecular weight is 314 g/mol. The zero-order valence-electron chi connectivity index (χ0n) is 13.1. The fourth-order valence-corrected chi connectivity index (χ4v) is 3.14. The van der Waals surface area contributed by atoms with Gasteiger partial charge in [0, 0.05) is 19.5 Å². The largest absolute Gasteiger partial charge is 0.368 e. The molecule has 6 nitrogen and oxygen atoms in total. The van der Waals surface area contributed by atoms with Crippen molar-refractivity contribution in [1.82, 2.24) is 4.90 Å². The highest BCUT2D eigenvalue weighted by molar-refractivity contribution is 6.40. The van der Waals surface area contributed by atoms with E-state index in [1.807, 2.05) is 35.2 Å². The smallest absolute Gasteiger partial charge is 0.270 e. The van der Waals surface area contributed by atoms with Gasteiger partial charge >= 0.3 is 0 Å². The molecule has 0 saturated carbocycles. The van der Waals surface area contributed by atoms with Crippen LogP contribution in [0.5, 0.6) is 0 Å². The van der Waals surface area contributed by atoms with Gasteiger partial charge in [0.2, 0.25) is 5.91 Å². The normalized spacial score (nSPS) is 21.7. The number of hydrogen-bond donors (Lipinski definition) is 1. The second-order valence-corrected chi connectivity index (χ2v) is 6.06. The van der Waals surface area contributed by atoms with Crippen molar-refractivity contribution in [1.29, 1.82) is 0 Å². The van der Waals surface area contributed by atoms with Crippen molar-refractivity contribution in [2.75, 3.05) is 18.1 Å². The molecule has 1 atom stereocenters. The lowest BCUT2D eigenvalue weighted by molar-refractivity contribution is -0.124. The monoisotopic (exact) mass is 314 g/mol. The van der Waals surface area contributed by atoms with E-state index < -0.39 is 11.9 Å². The molecule has 0 radical (unpaired) electrons. The maximum Gasteiger partial charge on any atom is 0.270 e. The van der Waals surface area contributed by atoms with Gasteiger partial charge in [0.1, 0.15) is 11.8 Å². The number of carbonyl (C=O) groups excluding carboxylic acids is 2. The van der Waals surface area contributed by atoms with Crippen LogP contribution in [0, 0.1) is 0 Å². The third kappa shape index (κ3) is 3.36. The van der Waals surface area contributed by atoms with E-state index in [0.717, 1.165) is 44.5 Å². The SMILES string of the molecule is NC(=O)C1CC(C(=O)N2CCCCCC2)=NN1c1ccccc1. The Bertz CT molecular complexity index is 606. The summed E-state index contributed by atoms with van der Waals surface area (Å²) in [6.07, 6.45) is 4.66. The Hall–Kier alpha value is -2.37. The van der Waals surface area contributed by atoms with Gasteiger partial charge in [-0.1, -0.05) is 31.0 Å². The fraction of sp³-hybridized carbons (Fsp3) is 0.471. The number of hydrogen-bond acceptors (Lipinski definition) is 4. The van der Waals surface area contributed by atoms with Crippen LogP contribution < -0.4 is 10.7 Å².